The number of nitrogens with zero attached hydrogens (tertiary/aromatic N) is 3. The van der Waals surface area contributed by atoms with Gasteiger partial charge in [-0.25, -0.2) is 4.99 Å². The first kappa shape index (κ1) is 24.2. The van der Waals surface area contributed by atoms with Crippen molar-refractivity contribution in [2.75, 3.05) is 52.4 Å². The molecule has 1 aromatic rings. The molecular formula is C19H36IN5O2. The second-order valence-corrected chi connectivity index (χ2v) is 7.15. The average molecular weight is 493 g/mol. The summed E-state index contributed by atoms with van der Waals surface area (Å²) in [4.78, 5) is 9.54. The summed E-state index contributed by atoms with van der Waals surface area (Å²) < 4.78 is 5.32. The van der Waals surface area contributed by atoms with Crippen LogP contribution in [0, 0.1) is 0 Å². The van der Waals surface area contributed by atoms with Crippen molar-refractivity contribution in [2.45, 2.75) is 39.3 Å². The van der Waals surface area contributed by atoms with Gasteiger partial charge in [0.15, 0.2) is 5.96 Å². The third-order valence-corrected chi connectivity index (χ3v) is 4.98. The summed E-state index contributed by atoms with van der Waals surface area (Å²) in [6, 6.07) is 3.98. The van der Waals surface area contributed by atoms with Crippen LogP contribution < -0.4 is 10.6 Å². The smallest absolute Gasteiger partial charge is 0.191 e. The Kier molecular flexibility index (Phi) is 10.6. The van der Waals surface area contributed by atoms with Gasteiger partial charge >= 0.3 is 0 Å². The SMILES string of the molecule is CCNC(=NCC(C)(O)c1ccco1)NCC(C)N1CCN(CC)CC1.I. The van der Waals surface area contributed by atoms with Crippen LogP contribution in [0.1, 0.15) is 33.5 Å². The van der Waals surface area contributed by atoms with Gasteiger partial charge in [0.2, 0.25) is 0 Å². The van der Waals surface area contributed by atoms with E-state index in [2.05, 4.69) is 39.3 Å². The maximum absolute atomic E-state index is 10.6. The zero-order chi connectivity index (χ0) is 19.0. The summed E-state index contributed by atoms with van der Waals surface area (Å²) in [6.45, 7) is 15.7. The van der Waals surface area contributed by atoms with Crippen molar-refractivity contribution in [3.05, 3.63) is 24.2 Å². The van der Waals surface area contributed by atoms with Crippen LogP contribution in [-0.2, 0) is 5.60 Å². The summed E-state index contributed by atoms with van der Waals surface area (Å²) in [7, 11) is 0. The van der Waals surface area contributed by atoms with Crippen LogP contribution in [0.3, 0.4) is 0 Å². The Morgan fingerprint density at radius 1 is 1.30 bits per heavy atom. The number of rotatable bonds is 8. The standard InChI is InChI=1S/C19H35N5O2.HI/c1-5-20-18(22-15-19(4,25)17-8-7-13-26-17)21-14-16(3)24-11-9-23(6-2)10-12-24;/h7-8,13,16,25H,5-6,9-12,14-15H2,1-4H3,(H2,20,21,22);1H. The Hall–Kier alpha value is -0.840. The number of halogens is 1. The van der Waals surface area contributed by atoms with E-state index in [1.165, 1.54) is 0 Å². The third-order valence-electron chi connectivity index (χ3n) is 4.98. The highest BCUT2D eigenvalue weighted by molar-refractivity contribution is 14.0. The molecule has 1 aliphatic heterocycles. The van der Waals surface area contributed by atoms with Gasteiger partial charge in [-0.2, -0.15) is 0 Å². The monoisotopic (exact) mass is 493 g/mol. The second kappa shape index (κ2) is 11.9. The molecule has 1 aliphatic rings. The minimum absolute atomic E-state index is 0. The molecule has 8 heteroatoms. The summed E-state index contributed by atoms with van der Waals surface area (Å²) in [5.41, 5.74) is -1.12. The van der Waals surface area contributed by atoms with Gasteiger partial charge in [0.25, 0.3) is 0 Å². The van der Waals surface area contributed by atoms with E-state index >= 15 is 0 Å². The number of guanidine groups is 1. The molecule has 2 rings (SSSR count). The summed E-state index contributed by atoms with van der Waals surface area (Å²) >= 11 is 0. The molecule has 0 aliphatic carbocycles. The molecular weight excluding hydrogens is 457 g/mol. The Morgan fingerprint density at radius 3 is 2.56 bits per heavy atom. The first-order valence-corrected chi connectivity index (χ1v) is 9.71. The maximum atomic E-state index is 10.6. The molecule has 1 saturated heterocycles. The number of furan rings is 1. The van der Waals surface area contributed by atoms with Crippen LogP contribution in [0.5, 0.6) is 0 Å². The Morgan fingerprint density at radius 2 is 2.00 bits per heavy atom. The summed E-state index contributed by atoms with van der Waals surface area (Å²) in [5, 5.41) is 17.2. The number of likely N-dealkylation sites (N-methyl/N-ethyl adjacent to an activating group) is 1. The van der Waals surface area contributed by atoms with Gasteiger partial charge in [0.1, 0.15) is 11.4 Å². The van der Waals surface area contributed by atoms with Crippen LogP contribution in [0.2, 0.25) is 0 Å². The van der Waals surface area contributed by atoms with Gasteiger partial charge in [0.05, 0.1) is 12.8 Å². The number of nitrogens with one attached hydrogen (secondary N) is 2. The van der Waals surface area contributed by atoms with Crippen molar-refractivity contribution in [1.82, 2.24) is 20.4 Å². The Balaban J connectivity index is 0.00000364. The van der Waals surface area contributed by atoms with Crippen molar-refractivity contribution in [2.24, 2.45) is 4.99 Å². The highest BCUT2D eigenvalue weighted by Crippen LogP contribution is 2.21. The lowest BCUT2D eigenvalue weighted by atomic mass is 10.0. The van der Waals surface area contributed by atoms with E-state index in [0.717, 1.165) is 51.8 Å². The quantitative estimate of drug-likeness (QED) is 0.291. The molecule has 0 amide bonds. The molecule has 2 atom stereocenters. The predicted molar refractivity (Wildman–Crippen MR) is 121 cm³/mol. The van der Waals surface area contributed by atoms with Crippen molar-refractivity contribution in [3.8, 4) is 0 Å². The first-order valence-electron chi connectivity index (χ1n) is 9.71. The average Bonchev–Trinajstić information content (AvgIpc) is 3.19. The highest BCUT2D eigenvalue weighted by Gasteiger charge is 2.26. The lowest BCUT2D eigenvalue weighted by Gasteiger charge is -2.37. The van der Waals surface area contributed by atoms with Crippen LogP contribution in [-0.4, -0.2) is 79.3 Å². The molecule has 0 radical (unpaired) electrons. The maximum Gasteiger partial charge on any atom is 0.191 e. The van der Waals surface area contributed by atoms with Crippen LogP contribution >= 0.6 is 24.0 Å². The topological polar surface area (TPSA) is 76.3 Å². The number of hydrogen-bond acceptors (Lipinski definition) is 5. The van der Waals surface area contributed by atoms with Gasteiger partial charge in [0, 0.05) is 45.3 Å². The molecule has 27 heavy (non-hydrogen) atoms. The van der Waals surface area contributed by atoms with Crippen molar-refractivity contribution >= 4 is 29.9 Å². The van der Waals surface area contributed by atoms with E-state index in [1.54, 1.807) is 25.3 Å². The van der Waals surface area contributed by atoms with Gasteiger partial charge in [-0.1, -0.05) is 6.92 Å². The minimum atomic E-state index is -1.12. The van der Waals surface area contributed by atoms with Gasteiger partial charge in [-0.15, -0.1) is 24.0 Å². The van der Waals surface area contributed by atoms with Crippen molar-refractivity contribution in [1.29, 1.82) is 0 Å². The molecule has 0 bridgehead atoms. The zero-order valence-corrected chi connectivity index (χ0v) is 19.4. The minimum Gasteiger partial charge on any atom is -0.466 e. The van der Waals surface area contributed by atoms with E-state index in [9.17, 15) is 5.11 Å². The van der Waals surface area contributed by atoms with Gasteiger partial charge in [-0.3, -0.25) is 4.90 Å². The fraction of sp³-hybridized carbons (Fsp3) is 0.737. The molecule has 0 spiro atoms. The predicted octanol–water partition coefficient (Wildman–Crippen LogP) is 1.69. The molecule has 2 unspecified atom stereocenters. The molecule has 1 aromatic heterocycles. The normalized spacial score (nSPS) is 19.8. The van der Waals surface area contributed by atoms with E-state index in [0.29, 0.717) is 11.8 Å². The second-order valence-electron chi connectivity index (χ2n) is 7.15. The van der Waals surface area contributed by atoms with Gasteiger partial charge < -0.3 is 25.1 Å². The van der Waals surface area contributed by atoms with Crippen LogP contribution in [0.15, 0.2) is 27.8 Å². The zero-order valence-electron chi connectivity index (χ0n) is 17.1. The Bertz CT molecular complexity index is 542. The van der Waals surface area contributed by atoms with E-state index in [-0.39, 0.29) is 30.5 Å². The third kappa shape index (κ3) is 7.59. The summed E-state index contributed by atoms with van der Waals surface area (Å²) in [5.74, 6) is 1.25. The van der Waals surface area contributed by atoms with Gasteiger partial charge in [-0.05, 0) is 39.4 Å². The number of piperazine rings is 1. The molecule has 2 heterocycles. The molecule has 1 fully saturated rings. The fourth-order valence-corrected chi connectivity index (χ4v) is 3.13. The van der Waals surface area contributed by atoms with E-state index in [1.807, 2.05) is 6.92 Å². The lowest BCUT2D eigenvalue weighted by Crippen LogP contribution is -2.53. The molecule has 7 nitrogen and oxygen atoms in total. The number of aliphatic imine (C=N–C) groups is 1. The van der Waals surface area contributed by atoms with E-state index in [4.69, 9.17) is 4.42 Å². The Labute approximate surface area is 180 Å². The van der Waals surface area contributed by atoms with Crippen molar-refractivity contribution in [3.63, 3.8) is 0 Å². The molecule has 3 N–H and O–H groups in total. The first-order chi connectivity index (χ1) is 12.5. The van der Waals surface area contributed by atoms with Crippen LogP contribution in [0.4, 0.5) is 0 Å². The molecule has 0 saturated carbocycles. The molecule has 0 aromatic carbocycles. The largest absolute Gasteiger partial charge is 0.466 e. The van der Waals surface area contributed by atoms with Crippen molar-refractivity contribution < 1.29 is 9.52 Å². The lowest BCUT2D eigenvalue weighted by molar-refractivity contribution is 0.0436. The number of hydrogen-bond donors (Lipinski definition) is 3. The highest BCUT2D eigenvalue weighted by atomic mass is 127. The number of aliphatic hydroxyl groups is 1. The fourth-order valence-electron chi connectivity index (χ4n) is 3.13. The summed E-state index contributed by atoms with van der Waals surface area (Å²) in [6.07, 6.45) is 1.57. The van der Waals surface area contributed by atoms with Crippen LogP contribution in [0.25, 0.3) is 0 Å². The van der Waals surface area contributed by atoms with E-state index < -0.39 is 5.60 Å². The molecule has 156 valence electrons.